The van der Waals surface area contributed by atoms with Crippen LogP contribution in [0.15, 0.2) is 48.5 Å². The monoisotopic (exact) mass is 281 g/mol. The predicted molar refractivity (Wildman–Crippen MR) is 91.2 cm³/mol. The lowest BCUT2D eigenvalue weighted by molar-refractivity contribution is 1.19. The number of anilines is 3. The first-order valence-corrected chi connectivity index (χ1v) is 7.22. The summed E-state index contributed by atoms with van der Waals surface area (Å²) in [5.74, 6) is 0. The number of benzene rings is 2. The molecule has 0 saturated carbocycles. The Kier molecular flexibility index (Phi) is 6.83. The fraction of sp³-hybridized carbons (Fsp3) is 0.278. The minimum Gasteiger partial charge on any atom is -0.388 e. The molecule has 21 heavy (non-hydrogen) atoms. The highest BCUT2D eigenvalue weighted by Crippen LogP contribution is 2.25. The van der Waals surface area contributed by atoms with Crippen LogP contribution < -0.4 is 10.2 Å². The second-order valence-corrected chi connectivity index (χ2v) is 4.36. The van der Waals surface area contributed by atoms with Crippen molar-refractivity contribution in [1.29, 1.82) is 5.26 Å². The van der Waals surface area contributed by atoms with Gasteiger partial charge in [0.15, 0.2) is 0 Å². The van der Waals surface area contributed by atoms with Gasteiger partial charge in [-0.15, -0.1) is 0 Å². The quantitative estimate of drug-likeness (QED) is 0.891. The molecule has 0 unspecified atom stereocenters. The first-order chi connectivity index (χ1) is 10.2. The van der Waals surface area contributed by atoms with Gasteiger partial charge in [0.2, 0.25) is 0 Å². The van der Waals surface area contributed by atoms with E-state index >= 15 is 0 Å². The van der Waals surface area contributed by atoms with Gasteiger partial charge < -0.3 is 10.2 Å². The van der Waals surface area contributed by atoms with Crippen LogP contribution in [0.3, 0.4) is 0 Å². The molecule has 0 aliphatic carbocycles. The van der Waals surface area contributed by atoms with Crippen molar-refractivity contribution in [3.8, 4) is 6.07 Å². The summed E-state index contributed by atoms with van der Waals surface area (Å²) in [5.41, 5.74) is 4.36. The number of hydrogen-bond acceptors (Lipinski definition) is 3. The number of rotatable bonds is 4. The molecule has 0 aliphatic rings. The number of nitrogens with one attached hydrogen (secondary N) is 1. The zero-order chi connectivity index (χ0) is 15.7. The molecule has 3 heteroatoms. The minimum atomic E-state index is 0.458. The van der Waals surface area contributed by atoms with E-state index in [1.807, 2.05) is 64.3 Å². The molecule has 110 valence electrons. The van der Waals surface area contributed by atoms with Crippen molar-refractivity contribution in [2.75, 3.05) is 24.3 Å². The van der Waals surface area contributed by atoms with Crippen LogP contribution in [0.4, 0.5) is 17.1 Å². The lowest BCUT2D eigenvalue weighted by Gasteiger charge is -2.20. The van der Waals surface area contributed by atoms with Crippen LogP contribution in [-0.2, 0) is 6.42 Å². The SMILES string of the molecule is CC.CNc1cccc(N(C)c2ccc(CC#N)cc2)c1. The van der Waals surface area contributed by atoms with Crippen LogP contribution >= 0.6 is 0 Å². The van der Waals surface area contributed by atoms with Gasteiger partial charge >= 0.3 is 0 Å². The van der Waals surface area contributed by atoms with Gasteiger partial charge in [0, 0.05) is 31.2 Å². The molecule has 1 N–H and O–H groups in total. The van der Waals surface area contributed by atoms with E-state index in [0.29, 0.717) is 6.42 Å². The molecule has 0 spiro atoms. The van der Waals surface area contributed by atoms with Crippen molar-refractivity contribution in [3.63, 3.8) is 0 Å². The summed E-state index contributed by atoms with van der Waals surface area (Å²) in [6, 6.07) is 18.5. The average molecular weight is 281 g/mol. The molecule has 2 rings (SSSR count). The lowest BCUT2D eigenvalue weighted by Crippen LogP contribution is -2.09. The molecular formula is C18H23N3. The topological polar surface area (TPSA) is 39.1 Å². The van der Waals surface area contributed by atoms with Gasteiger partial charge in [-0.1, -0.05) is 32.0 Å². The molecule has 0 saturated heterocycles. The Bertz CT molecular complexity index is 582. The van der Waals surface area contributed by atoms with Crippen molar-refractivity contribution < 1.29 is 0 Å². The van der Waals surface area contributed by atoms with Crippen molar-refractivity contribution >= 4 is 17.1 Å². The van der Waals surface area contributed by atoms with E-state index in [1.165, 1.54) is 0 Å². The van der Waals surface area contributed by atoms with Gasteiger partial charge in [-0.25, -0.2) is 0 Å². The summed E-state index contributed by atoms with van der Waals surface area (Å²) in [4.78, 5) is 2.12. The van der Waals surface area contributed by atoms with Gasteiger partial charge in [-0.3, -0.25) is 0 Å². The first kappa shape index (κ1) is 16.6. The molecule has 0 aromatic heterocycles. The molecule has 2 aromatic carbocycles. The summed E-state index contributed by atoms with van der Waals surface area (Å²) in [7, 11) is 3.95. The molecule has 0 aliphatic heterocycles. The van der Waals surface area contributed by atoms with Crippen molar-refractivity contribution in [1.82, 2.24) is 0 Å². The number of nitrogens with zero attached hydrogens (tertiary/aromatic N) is 2. The maximum atomic E-state index is 8.67. The summed E-state index contributed by atoms with van der Waals surface area (Å²) in [6.07, 6.45) is 0.458. The van der Waals surface area contributed by atoms with E-state index in [0.717, 1.165) is 22.6 Å². The van der Waals surface area contributed by atoms with Gasteiger partial charge in [-0.05, 0) is 35.9 Å². The van der Waals surface area contributed by atoms with Crippen LogP contribution in [0.2, 0.25) is 0 Å². The third-order valence-electron chi connectivity index (χ3n) is 3.13. The van der Waals surface area contributed by atoms with Crippen LogP contribution in [0.5, 0.6) is 0 Å². The Morgan fingerprint density at radius 3 is 2.29 bits per heavy atom. The van der Waals surface area contributed by atoms with E-state index < -0.39 is 0 Å². The molecule has 0 fully saturated rings. The highest BCUT2D eigenvalue weighted by Gasteiger charge is 2.04. The summed E-state index contributed by atoms with van der Waals surface area (Å²) in [5, 5.41) is 11.8. The number of nitriles is 1. The maximum absolute atomic E-state index is 8.67. The largest absolute Gasteiger partial charge is 0.388 e. The summed E-state index contributed by atoms with van der Waals surface area (Å²) in [6.45, 7) is 4.00. The molecule has 3 nitrogen and oxygen atoms in total. The standard InChI is InChI=1S/C16H17N3.C2H6/c1-18-14-4-3-5-16(12-14)19(2)15-8-6-13(7-9-15)10-11-17;1-2/h3-9,12,18H,10H2,1-2H3;1-2H3. The van der Waals surface area contributed by atoms with E-state index in [4.69, 9.17) is 5.26 Å². The fourth-order valence-corrected chi connectivity index (χ4v) is 1.95. The Morgan fingerprint density at radius 2 is 1.71 bits per heavy atom. The van der Waals surface area contributed by atoms with Crippen LogP contribution in [0, 0.1) is 11.3 Å². The van der Waals surface area contributed by atoms with Crippen molar-refractivity contribution in [3.05, 3.63) is 54.1 Å². The molecule has 2 aromatic rings. The lowest BCUT2D eigenvalue weighted by atomic mass is 10.1. The Morgan fingerprint density at radius 1 is 1.05 bits per heavy atom. The molecular weight excluding hydrogens is 258 g/mol. The van der Waals surface area contributed by atoms with Crippen molar-refractivity contribution in [2.24, 2.45) is 0 Å². The van der Waals surface area contributed by atoms with E-state index in [9.17, 15) is 0 Å². The van der Waals surface area contributed by atoms with Gasteiger partial charge in [0.1, 0.15) is 0 Å². The summed E-state index contributed by atoms with van der Waals surface area (Å²) >= 11 is 0. The second-order valence-electron chi connectivity index (χ2n) is 4.36. The predicted octanol–water partition coefficient (Wildman–Crippen LogP) is 4.59. The average Bonchev–Trinajstić information content (AvgIpc) is 2.57. The van der Waals surface area contributed by atoms with Gasteiger partial charge in [0.25, 0.3) is 0 Å². The third-order valence-corrected chi connectivity index (χ3v) is 3.13. The molecule has 0 atom stereocenters. The molecule has 0 amide bonds. The molecule has 0 heterocycles. The second kappa shape index (κ2) is 8.65. The van der Waals surface area contributed by atoms with Crippen LogP contribution in [0.1, 0.15) is 19.4 Å². The van der Waals surface area contributed by atoms with Crippen LogP contribution in [0.25, 0.3) is 0 Å². The Labute approximate surface area is 127 Å². The fourth-order valence-electron chi connectivity index (χ4n) is 1.95. The first-order valence-electron chi connectivity index (χ1n) is 7.22. The Balaban J connectivity index is 0.00000106. The van der Waals surface area contributed by atoms with E-state index in [1.54, 1.807) is 0 Å². The van der Waals surface area contributed by atoms with Gasteiger partial charge in [0.05, 0.1) is 12.5 Å². The molecule has 0 radical (unpaired) electrons. The summed E-state index contributed by atoms with van der Waals surface area (Å²) < 4.78 is 0. The number of hydrogen-bond donors (Lipinski definition) is 1. The van der Waals surface area contributed by atoms with Crippen LogP contribution in [-0.4, -0.2) is 14.1 Å². The highest BCUT2D eigenvalue weighted by molar-refractivity contribution is 5.66. The molecule has 0 bridgehead atoms. The van der Waals surface area contributed by atoms with Gasteiger partial charge in [-0.2, -0.15) is 5.26 Å². The van der Waals surface area contributed by atoms with E-state index in [-0.39, 0.29) is 0 Å². The zero-order valence-corrected chi connectivity index (χ0v) is 13.2. The van der Waals surface area contributed by atoms with Crippen molar-refractivity contribution in [2.45, 2.75) is 20.3 Å². The Hall–Kier alpha value is -2.47. The highest BCUT2D eigenvalue weighted by atomic mass is 15.1. The maximum Gasteiger partial charge on any atom is 0.0669 e. The normalized spacial score (nSPS) is 9.10. The third kappa shape index (κ3) is 4.54. The van der Waals surface area contributed by atoms with E-state index in [2.05, 4.69) is 28.4 Å². The minimum absolute atomic E-state index is 0.458. The smallest absolute Gasteiger partial charge is 0.0669 e. The zero-order valence-electron chi connectivity index (χ0n) is 13.2.